The predicted octanol–water partition coefficient (Wildman–Crippen LogP) is 3.38. The van der Waals surface area contributed by atoms with Gasteiger partial charge in [-0.1, -0.05) is 18.9 Å². The molecule has 0 aromatic carbocycles. The van der Waals surface area contributed by atoms with Crippen molar-refractivity contribution in [1.82, 2.24) is 0 Å². The van der Waals surface area contributed by atoms with Gasteiger partial charge in [0.25, 0.3) is 0 Å². The van der Waals surface area contributed by atoms with E-state index in [0.29, 0.717) is 11.5 Å². The molecule has 1 aliphatic rings. The Bertz CT molecular complexity index is 237. The van der Waals surface area contributed by atoms with E-state index in [1.807, 2.05) is 6.92 Å². The SMILES string of the molecule is CCCC/C(C)=C(\CC1CC1)C(=O)O. The minimum absolute atomic E-state index is 0.665. The molecule has 1 saturated carbocycles. The number of unbranched alkanes of at least 4 members (excludes halogenated alkanes) is 1. The van der Waals surface area contributed by atoms with Gasteiger partial charge in [-0.2, -0.15) is 0 Å². The van der Waals surface area contributed by atoms with Crippen LogP contribution >= 0.6 is 0 Å². The van der Waals surface area contributed by atoms with Gasteiger partial charge in [-0.25, -0.2) is 4.79 Å². The van der Waals surface area contributed by atoms with E-state index in [9.17, 15) is 4.79 Å². The number of allylic oxidation sites excluding steroid dienone is 1. The van der Waals surface area contributed by atoms with E-state index < -0.39 is 5.97 Å². The third kappa shape index (κ3) is 3.52. The van der Waals surface area contributed by atoms with Gasteiger partial charge in [-0.05, 0) is 44.9 Å². The normalized spacial score (nSPS) is 17.9. The smallest absolute Gasteiger partial charge is 0.331 e. The maximum Gasteiger partial charge on any atom is 0.331 e. The number of carboxylic acids is 1. The number of carbonyl (C=O) groups is 1. The van der Waals surface area contributed by atoms with Gasteiger partial charge in [0.1, 0.15) is 0 Å². The summed E-state index contributed by atoms with van der Waals surface area (Å²) in [6.07, 6.45) is 6.42. The number of rotatable bonds is 6. The number of aliphatic carboxylic acids is 1. The highest BCUT2D eigenvalue weighted by atomic mass is 16.4. The fourth-order valence-corrected chi connectivity index (χ4v) is 1.65. The summed E-state index contributed by atoms with van der Waals surface area (Å²) in [5.41, 5.74) is 1.77. The summed E-state index contributed by atoms with van der Waals surface area (Å²) in [6, 6.07) is 0. The van der Waals surface area contributed by atoms with Gasteiger partial charge < -0.3 is 5.11 Å². The zero-order valence-corrected chi connectivity index (χ0v) is 9.18. The van der Waals surface area contributed by atoms with Crippen molar-refractivity contribution in [1.29, 1.82) is 0 Å². The third-order valence-corrected chi connectivity index (χ3v) is 2.87. The highest BCUT2D eigenvalue weighted by Crippen LogP contribution is 2.36. The molecule has 0 spiro atoms. The summed E-state index contributed by atoms with van der Waals surface area (Å²) in [4.78, 5) is 11.0. The Balaban J connectivity index is 2.56. The summed E-state index contributed by atoms with van der Waals surface area (Å²) in [5, 5.41) is 9.06. The Morgan fingerprint density at radius 3 is 2.50 bits per heavy atom. The van der Waals surface area contributed by atoms with Gasteiger partial charge in [-0.3, -0.25) is 0 Å². The topological polar surface area (TPSA) is 37.3 Å². The quantitative estimate of drug-likeness (QED) is 0.661. The third-order valence-electron chi connectivity index (χ3n) is 2.87. The standard InChI is InChI=1S/C12H20O2/c1-3-4-5-9(2)11(12(13)14)8-10-6-7-10/h10H,3-8H2,1-2H3,(H,13,14)/b11-9+. The molecule has 0 aromatic heterocycles. The van der Waals surface area contributed by atoms with Gasteiger partial charge in [0.15, 0.2) is 0 Å². The number of hydrogen-bond donors (Lipinski definition) is 1. The second kappa shape index (κ2) is 5.18. The molecule has 0 aromatic rings. The first-order valence-corrected chi connectivity index (χ1v) is 5.57. The molecule has 0 aliphatic heterocycles. The lowest BCUT2D eigenvalue weighted by molar-refractivity contribution is -0.132. The summed E-state index contributed by atoms with van der Waals surface area (Å²) in [5.74, 6) is -0.0387. The van der Waals surface area contributed by atoms with Crippen LogP contribution in [-0.4, -0.2) is 11.1 Å². The molecule has 0 heterocycles. The van der Waals surface area contributed by atoms with Crippen LogP contribution < -0.4 is 0 Å². The Morgan fingerprint density at radius 1 is 1.43 bits per heavy atom. The molecule has 1 fully saturated rings. The molecule has 2 nitrogen and oxygen atoms in total. The second-order valence-electron chi connectivity index (χ2n) is 4.32. The van der Waals surface area contributed by atoms with E-state index in [0.717, 1.165) is 31.3 Å². The Hall–Kier alpha value is -0.790. The lowest BCUT2D eigenvalue weighted by Gasteiger charge is -2.07. The molecule has 0 amide bonds. The summed E-state index contributed by atoms with van der Waals surface area (Å²) in [7, 11) is 0. The molecule has 0 unspecified atom stereocenters. The van der Waals surface area contributed by atoms with Crippen LogP contribution in [0.5, 0.6) is 0 Å². The first kappa shape index (κ1) is 11.3. The molecule has 0 atom stereocenters. The molecule has 1 rings (SSSR count). The van der Waals surface area contributed by atoms with E-state index in [2.05, 4.69) is 6.92 Å². The van der Waals surface area contributed by atoms with Gasteiger partial charge in [0, 0.05) is 5.57 Å². The van der Waals surface area contributed by atoms with Crippen LogP contribution in [0.15, 0.2) is 11.1 Å². The van der Waals surface area contributed by atoms with Crippen molar-refractivity contribution in [2.24, 2.45) is 5.92 Å². The summed E-state index contributed by atoms with van der Waals surface area (Å²) in [6.45, 7) is 4.11. The average molecular weight is 196 g/mol. The number of carboxylic acid groups (broad SMARTS) is 1. The highest BCUT2D eigenvalue weighted by molar-refractivity contribution is 5.87. The molecule has 0 bridgehead atoms. The minimum Gasteiger partial charge on any atom is -0.478 e. The van der Waals surface area contributed by atoms with E-state index in [1.165, 1.54) is 12.8 Å². The number of hydrogen-bond acceptors (Lipinski definition) is 1. The van der Waals surface area contributed by atoms with Crippen LogP contribution in [0.2, 0.25) is 0 Å². The Kier molecular flexibility index (Phi) is 4.18. The lowest BCUT2D eigenvalue weighted by Crippen LogP contribution is -2.04. The van der Waals surface area contributed by atoms with Crippen LogP contribution in [0, 0.1) is 5.92 Å². The van der Waals surface area contributed by atoms with E-state index >= 15 is 0 Å². The zero-order valence-electron chi connectivity index (χ0n) is 9.18. The van der Waals surface area contributed by atoms with Crippen molar-refractivity contribution in [3.05, 3.63) is 11.1 Å². The molecular formula is C12H20O2. The van der Waals surface area contributed by atoms with Crippen molar-refractivity contribution >= 4 is 5.97 Å². The predicted molar refractivity (Wildman–Crippen MR) is 57.2 cm³/mol. The fraction of sp³-hybridized carbons (Fsp3) is 0.750. The fourth-order valence-electron chi connectivity index (χ4n) is 1.65. The van der Waals surface area contributed by atoms with Crippen LogP contribution in [-0.2, 0) is 4.79 Å². The average Bonchev–Trinajstić information content (AvgIpc) is 2.93. The zero-order chi connectivity index (χ0) is 10.6. The molecule has 80 valence electrons. The molecule has 1 aliphatic carbocycles. The lowest BCUT2D eigenvalue weighted by atomic mass is 9.99. The van der Waals surface area contributed by atoms with Crippen molar-refractivity contribution in [2.75, 3.05) is 0 Å². The summed E-state index contributed by atoms with van der Waals surface area (Å²) < 4.78 is 0. The van der Waals surface area contributed by atoms with Crippen molar-refractivity contribution in [2.45, 2.75) is 52.4 Å². The molecule has 2 heteroatoms. The van der Waals surface area contributed by atoms with Crippen LogP contribution in [0.25, 0.3) is 0 Å². The van der Waals surface area contributed by atoms with Gasteiger partial charge in [0.05, 0.1) is 0 Å². The van der Waals surface area contributed by atoms with E-state index in [-0.39, 0.29) is 0 Å². The monoisotopic (exact) mass is 196 g/mol. The van der Waals surface area contributed by atoms with Crippen molar-refractivity contribution in [3.63, 3.8) is 0 Å². The Labute approximate surface area is 86.0 Å². The summed E-state index contributed by atoms with van der Waals surface area (Å²) >= 11 is 0. The van der Waals surface area contributed by atoms with Crippen molar-refractivity contribution < 1.29 is 9.90 Å². The maximum absolute atomic E-state index is 11.0. The molecule has 1 N–H and O–H groups in total. The van der Waals surface area contributed by atoms with E-state index in [4.69, 9.17) is 5.11 Å². The van der Waals surface area contributed by atoms with Gasteiger partial charge in [0.2, 0.25) is 0 Å². The Morgan fingerprint density at radius 2 is 2.07 bits per heavy atom. The first-order chi connectivity index (χ1) is 6.65. The van der Waals surface area contributed by atoms with Gasteiger partial charge >= 0.3 is 5.97 Å². The van der Waals surface area contributed by atoms with Crippen molar-refractivity contribution in [3.8, 4) is 0 Å². The van der Waals surface area contributed by atoms with E-state index in [1.54, 1.807) is 0 Å². The highest BCUT2D eigenvalue weighted by Gasteiger charge is 2.25. The minimum atomic E-state index is -0.703. The molecule has 0 radical (unpaired) electrons. The van der Waals surface area contributed by atoms with Gasteiger partial charge in [-0.15, -0.1) is 0 Å². The first-order valence-electron chi connectivity index (χ1n) is 5.57. The molecule has 0 saturated heterocycles. The largest absolute Gasteiger partial charge is 0.478 e. The maximum atomic E-state index is 11.0. The van der Waals surface area contributed by atoms with Crippen LogP contribution in [0.4, 0.5) is 0 Å². The van der Waals surface area contributed by atoms with Crippen LogP contribution in [0.1, 0.15) is 52.4 Å². The molecule has 14 heavy (non-hydrogen) atoms. The second-order valence-corrected chi connectivity index (χ2v) is 4.32. The van der Waals surface area contributed by atoms with Crippen LogP contribution in [0.3, 0.4) is 0 Å². The molecular weight excluding hydrogens is 176 g/mol.